The Labute approximate surface area is 196 Å². The van der Waals surface area contributed by atoms with Crippen LogP contribution in [0.3, 0.4) is 0 Å². The highest BCUT2D eigenvalue weighted by atomic mass is 19.1. The molecule has 1 saturated carbocycles. The summed E-state index contributed by atoms with van der Waals surface area (Å²) in [5.41, 5.74) is 1.63. The van der Waals surface area contributed by atoms with Gasteiger partial charge in [-0.3, -0.25) is 4.79 Å². The van der Waals surface area contributed by atoms with Gasteiger partial charge in [0.2, 0.25) is 5.91 Å². The first-order valence-electron chi connectivity index (χ1n) is 12.9. The van der Waals surface area contributed by atoms with Crippen LogP contribution in [0, 0.1) is 17.7 Å². The molecule has 3 fully saturated rings. The largest absolute Gasteiger partial charge is 0.461 e. The predicted octanol–water partition coefficient (Wildman–Crippen LogP) is 5.24. The number of halogens is 1. The van der Waals surface area contributed by atoms with Crippen LogP contribution < -0.4 is 5.32 Å². The molecule has 0 spiro atoms. The van der Waals surface area contributed by atoms with Crippen LogP contribution in [0.4, 0.5) is 4.39 Å². The fourth-order valence-electron chi connectivity index (χ4n) is 6.11. The number of rotatable bonds is 6. The number of amides is 1. The number of ether oxygens (including phenoxy) is 1. The first kappa shape index (κ1) is 22.9. The molecule has 6 heteroatoms. The predicted molar refractivity (Wildman–Crippen MR) is 127 cm³/mol. The summed E-state index contributed by atoms with van der Waals surface area (Å²) in [7, 11) is 0. The van der Waals surface area contributed by atoms with E-state index in [-0.39, 0.29) is 17.6 Å². The Kier molecular flexibility index (Phi) is 7.31. The quantitative estimate of drug-likeness (QED) is 0.646. The van der Waals surface area contributed by atoms with Crippen molar-refractivity contribution in [2.45, 2.75) is 69.7 Å². The monoisotopic (exact) mass is 456 g/mol. The van der Waals surface area contributed by atoms with Crippen LogP contribution in [0.25, 0.3) is 11.0 Å². The first-order chi connectivity index (χ1) is 16.2. The number of hydrogen-bond donors (Lipinski definition) is 1. The van der Waals surface area contributed by atoms with Crippen LogP contribution in [-0.4, -0.2) is 49.7 Å². The maximum absolute atomic E-state index is 14.0. The molecule has 3 aliphatic rings. The Morgan fingerprint density at radius 2 is 1.76 bits per heavy atom. The number of carbonyl (C=O) groups excluding carboxylic acids is 1. The Morgan fingerprint density at radius 3 is 2.52 bits per heavy atom. The SMILES string of the molecule is O=C(NC1CCC(CCN2CCC(c3ccc(F)c4occc34)CC2)CC1)C1CCOCC1. The van der Waals surface area contributed by atoms with E-state index in [0.29, 0.717) is 17.5 Å². The zero-order valence-corrected chi connectivity index (χ0v) is 19.6. The topological polar surface area (TPSA) is 54.7 Å². The minimum Gasteiger partial charge on any atom is -0.461 e. The lowest BCUT2D eigenvalue weighted by Gasteiger charge is -2.35. The third kappa shape index (κ3) is 5.43. The first-order valence-corrected chi connectivity index (χ1v) is 12.9. The molecule has 1 N–H and O–H groups in total. The van der Waals surface area contributed by atoms with E-state index in [1.165, 1.54) is 31.4 Å². The van der Waals surface area contributed by atoms with Crippen molar-refractivity contribution < 1.29 is 18.3 Å². The van der Waals surface area contributed by atoms with Crippen LogP contribution in [0.2, 0.25) is 0 Å². The van der Waals surface area contributed by atoms with E-state index in [4.69, 9.17) is 9.15 Å². The van der Waals surface area contributed by atoms with Crippen LogP contribution in [0.15, 0.2) is 28.9 Å². The van der Waals surface area contributed by atoms with Crippen LogP contribution >= 0.6 is 0 Å². The molecule has 0 unspecified atom stereocenters. The number of nitrogens with zero attached hydrogens (tertiary/aromatic N) is 1. The zero-order chi connectivity index (χ0) is 22.6. The van der Waals surface area contributed by atoms with Crippen molar-refractivity contribution in [2.75, 3.05) is 32.8 Å². The summed E-state index contributed by atoms with van der Waals surface area (Å²) in [5, 5.41) is 4.25. The Hall–Kier alpha value is -1.92. The second-order valence-corrected chi connectivity index (χ2v) is 10.3. The van der Waals surface area contributed by atoms with Gasteiger partial charge in [0, 0.05) is 30.6 Å². The number of piperidine rings is 1. The van der Waals surface area contributed by atoms with E-state index in [0.717, 1.165) is 76.1 Å². The summed E-state index contributed by atoms with van der Waals surface area (Å²) < 4.78 is 24.7. The molecule has 1 aromatic carbocycles. The summed E-state index contributed by atoms with van der Waals surface area (Å²) >= 11 is 0. The summed E-state index contributed by atoms with van der Waals surface area (Å²) in [4.78, 5) is 15.1. The highest BCUT2D eigenvalue weighted by molar-refractivity contribution is 5.82. The summed E-state index contributed by atoms with van der Waals surface area (Å²) in [5.74, 6) is 1.39. The average molecular weight is 457 g/mol. The fourth-order valence-corrected chi connectivity index (χ4v) is 6.11. The second kappa shape index (κ2) is 10.6. The van der Waals surface area contributed by atoms with Gasteiger partial charge >= 0.3 is 0 Å². The molecule has 1 aromatic heterocycles. The summed E-state index contributed by atoms with van der Waals surface area (Å²) in [6.07, 6.45) is 11.5. The van der Waals surface area contributed by atoms with E-state index < -0.39 is 0 Å². The van der Waals surface area contributed by atoms with Gasteiger partial charge in [0.15, 0.2) is 11.4 Å². The van der Waals surface area contributed by atoms with Gasteiger partial charge in [-0.25, -0.2) is 4.39 Å². The number of hydrogen-bond acceptors (Lipinski definition) is 4. The molecule has 0 atom stereocenters. The van der Waals surface area contributed by atoms with Crippen molar-refractivity contribution in [3.8, 4) is 0 Å². The lowest BCUT2D eigenvalue weighted by Crippen LogP contribution is -2.42. The summed E-state index contributed by atoms with van der Waals surface area (Å²) in [6.45, 7) is 4.83. The highest BCUT2D eigenvalue weighted by Crippen LogP contribution is 2.35. The lowest BCUT2D eigenvalue weighted by atomic mass is 9.83. The molecule has 2 aromatic rings. The molecule has 5 nitrogen and oxygen atoms in total. The number of fused-ring (bicyclic) bond motifs is 1. The van der Waals surface area contributed by atoms with Gasteiger partial charge in [0.05, 0.1) is 6.26 Å². The summed E-state index contributed by atoms with van der Waals surface area (Å²) in [6, 6.07) is 5.77. The van der Waals surface area contributed by atoms with E-state index in [1.54, 1.807) is 12.3 Å². The van der Waals surface area contributed by atoms with Gasteiger partial charge in [-0.1, -0.05) is 6.07 Å². The molecule has 33 heavy (non-hydrogen) atoms. The maximum Gasteiger partial charge on any atom is 0.223 e. The molecule has 2 saturated heterocycles. The molecule has 0 bridgehead atoms. The van der Waals surface area contributed by atoms with Gasteiger partial charge in [-0.15, -0.1) is 0 Å². The third-order valence-corrected chi connectivity index (χ3v) is 8.27. The number of likely N-dealkylation sites (tertiary alicyclic amines) is 1. The molecule has 2 aliphatic heterocycles. The van der Waals surface area contributed by atoms with E-state index in [1.807, 2.05) is 12.1 Å². The molecule has 0 radical (unpaired) electrons. The van der Waals surface area contributed by atoms with Crippen molar-refractivity contribution in [1.29, 1.82) is 0 Å². The van der Waals surface area contributed by atoms with Crippen molar-refractivity contribution in [1.82, 2.24) is 10.2 Å². The smallest absolute Gasteiger partial charge is 0.223 e. The van der Waals surface area contributed by atoms with Crippen LogP contribution in [-0.2, 0) is 9.53 Å². The number of benzene rings is 1. The lowest BCUT2D eigenvalue weighted by molar-refractivity contribution is -0.128. The second-order valence-electron chi connectivity index (χ2n) is 10.3. The number of carbonyl (C=O) groups is 1. The Balaban J connectivity index is 1.02. The Bertz CT molecular complexity index is 923. The molecular formula is C27H37FN2O3. The number of furan rings is 1. The molecular weight excluding hydrogens is 419 g/mol. The fraction of sp³-hybridized carbons (Fsp3) is 0.667. The van der Waals surface area contributed by atoms with E-state index in [9.17, 15) is 9.18 Å². The molecule has 180 valence electrons. The molecule has 5 rings (SSSR count). The Morgan fingerprint density at radius 1 is 1.00 bits per heavy atom. The van der Waals surface area contributed by atoms with Crippen molar-refractivity contribution in [3.05, 3.63) is 35.8 Å². The van der Waals surface area contributed by atoms with Gasteiger partial charge in [0.25, 0.3) is 0 Å². The van der Waals surface area contributed by atoms with Gasteiger partial charge in [0.1, 0.15) is 0 Å². The van der Waals surface area contributed by atoms with Crippen molar-refractivity contribution in [3.63, 3.8) is 0 Å². The van der Waals surface area contributed by atoms with E-state index in [2.05, 4.69) is 10.2 Å². The molecule has 3 heterocycles. The van der Waals surface area contributed by atoms with Crippen LogP contribution in [0.1, 0.15) is 69.3 Å². The minimum absolute atomic E-state index is 0.152. The highest BCUT2D eigenvalue weighted by Gasteiger charge is 2.28. The van der Waals surface area contributed by atoms with Crippen LogP contribution in [0.5, 0.6) is 0 Å². The standard InChI is InChI=1S/C27H37FN2O3/c28-25-6-5-23(24-12-18-33-26(24)25)20-8-14-30(15-9-20)13-7-19-1-3-22(4-2-19)29-27(31)21-10-16-32-17-11-21/h5-6,12,18-22H,1-4,7-11,13-17H2,(H,29,31). The maximum atomic E-state index is 14.0. The molecule has 1 aliphatic carbocycles. The van der Waals surface area contributed by atoms with Gasteiger partial charge < -0.3 is 19.4 Å². The van der Waals surface area contributed by atoms with E-state index >= 15 is 0 Å². The van der Waals surface area contributed by atoms with Gasteiger partial charge in [-0.2, -0.15) is 0 Å². The van der Waals surface area contributed by atoms with Crippen molar-refractivity contribution in [2.24, 2.45) is 11.8 Å². The zero-order valence-electron chi connectivity index (χ0n) is 19.6. The number of nitrogens with one attached hydrogen (secondary N) is 1. The van der Waals surface area contributed by atoms with Crippen molar-refractivity contribution >= 4 is 16.9 Å². The molecule has 1 amide bonds. The normalized spacial score (nSPS) is 26.0. The average Bonchev–Trinajstić information content (AvgIpc) is 3.36. The minimum atomic E-state index is -0.269. The van der Waals surface area contributed by atoms with Gasteiger partial charge in [-0.05, 0) is 107 Å². The third-order valence-electron chi connectivity index (χ3n) is 8.27.